The van der Waals surface area contributed by atoms with Crippen LogP contribution >= 0.6 is 11.3 Å². The molecule has 0 amide bonds. The molecule has 0 aromatic carbocycles. The van der Waals surface area contributed by atoms with Crippen molar-refractivity contribution >= 4 is 17.3 Å². The van der Waals surface area contributed by atoms with Crippen molar-refractivity contribution in [2.24, 2.45) is 10.8 Å². The molecule has 0 atom stereocenters. The number of hydrogen-bond donors (Lipinski definition) is 3. The Morgan fingerprint density at radius 3 is 3.08 bits per heavy atom. The van der Waals surface area contributed by atoms with Crippen LogP contribution in [0, 0.1) is 0 Å². The minimum Gasteiger partial charge on any atom is -0.356 e. The summed E-state index contributed by atoms with van der Waals surface area (Å²) in [6, 6.07) is 2.05. The molecule has 1 heterocycles. The van der Waals surface area contributed by atoms with Gasteiger partial charge >= 0.3 is 0 Å². The Hall–Kier alpha value is -1.07. The summed E-state index contributed by atoms with van der Waals surface area (Å²) in [6.07, 6.45) is 0. The van der Waals surface area contributed by atoms with Crippen molar-refractivity contribution in [1.29, 1.82) is 0 Å². The van der Waals surface area contributed by atoms with Gasteiger partial charge in [-0.3, -0.25) is 5.43 Å². The van der Waals surface area contributed by atoms with Crippen molar-refractivity contribution in [2.45, 2.75) is 13.5 Å². The number of guanidine groups is 1. The topological polar surface area (TPSA) is 62.4 Å². The fourth-order valence-corrected chi connectivity index (χ4v) is 1.53. The Labute approximate surface area is 81.8 Å². The summed E-state index contributed by atoms with van der Waals surface area (Å²) in [6.45, 7) is 3.47. The quantitative estimate of drug-likeness (QED) is 0.290. The van der Waals surface area contributed by atoms with Gasteiger partial charge in [0.05, 0.1) is 6.54 Å². The lowest BCUT2D eigenvalue weighted by atomic mass is 10.3. The van der Waals surface area contributed by atoms with Crippen LogP contribution in [0.1, 0.15) is 12.5 Å². The first-order chi connectivity index (χ1) is 6.36. The standard InChI is InChI=1S/C8H14N4S/c1-2-10-8(12-9)11-5-7-3-4-13-6-7/h3-4,6H,2,5,9H2,1H3,(H2,10,11,12). The van der Waals surface area contributed by atoms with E-state index in [9.17, 15) is 0 Å². The molecule has 4 nitrogen and oxygen atoms in total. The van der Waals surface area contributed by atoms with E-state index in [0.29, 0.717) is 12.5 Å². The van der Waals surface area contributed by atoms with Crippen molar-refractivity contribution in [3.8, 4) is 0 Å². The summed E-state index contributed by atoms with van der Waals surface area (Å²) < 4.78 is 0. The molecule has 5 heteroatoms. The van der Waals surface area contributed by atoms with Gasteiger partial charge < -0.3 is 5.32 Å². The molecular formula is C8H14N4S. The van der Waals surface area contributed by atoms with E-state index in [1.807, 2.05) is 18.4 Å². The van der Waals surface area contributed by atoms with Crippen molar-refractivity contribution < 1.29 is 0 Å². The normalized spacial score (nSPS) is 11.4. The third kappa shape index (κ3) is 3.43. The van der Waals surface area contributed by atoms with Gasteiger partial charge in [0.15, 0.2) is 0 Å². The van der Waals surface area contributed by atoms with Gasteiger partial charge in [0.1, 0.15) is 0 Å². The minimum absolute atomic E-state index is 0.633. The Morgan fingerprint density at radius 1 is 1.69 bits per heavy atom. The molecule has 4 N–H and O–H groups in total. The van der Waals surface area contributed by atoms with Crippen LogP contribution < -0.4 is 16.6 Å². The van der Waals surface area contributed by atoms with Gasteiger partial charge in [0, 0.05) is 6.54 Å². The molecule has 1 aromatic rings. The first-order valence-corrected chi connectivity index (χ1v) is 5.07. The molecule has 0 fully saturated rings. The molecule has 0 bridgehead atoms. The lowest BCUT2D eigenvalue weighted by Crippen LogP contribution is -2.41. The van der Waals surface area contributed by atoms with Crippen molar-refractivity contribution in [2.75, 3.05) is 6.54 Å². The fourth-order valence-electron chi connectivity index (χ4n) is 0.873. The monoisotopic (exact) mass is 198 g/mol. The van der Waals surface area contributed by atoms with Crippen LogP contribution in [0.5, 0.6) is 0 Å². The second kappa shape index (κ2) is 5.55. The summed E-state index contributed by atoms with van der Waals surface area (Å²) in [4.78, 5) is 4.25. The van der Waals surface area contributed by atoms with E-state index < -0.39 is 0 Å². The molecule has 1 rings (SSSR count). The maximum absolute atomic E-state index is 5.26. The Kier molecular flexibility index (Phi) is 4.28. The van der Waals surface area contributed by atoms with Crippen molar-refractivity contribution in [1.82, 2.24) is 10.7 Å². The van der Waals surface area contributed by atoms with Crippen molar-refractivity contribution in [3.05, 3.63) is 22.4 Å². The van der Waals surface area contributed by atoms with Crippen LogP contribution in [0.2, 0.25) is 0 Å². The van der Waals surface area contributed by atoms with Gasteiger partial charge in [-0.15, -0.1) is 0 Å². The predicted molar refractivity (Wildman–Crippen MR) is 56.5 cm³/mol. The summed E-state index contributed by atoms with van der Waals surface area (Å²) in [7, 11) is 0. The number of aliphatic imine (C=N–C) groups is 1. The van der Waals surface area contributed by atoms with Gasteiger partial charge in [-0.25, -0.2) is 10.8 Å². The number of nitrogens with two attached hydrogens (primary N) is 1. The molecule has 0 unspecified atom stereocenters. The Morgan fingerprint density at radius 2 is 2.54 bits per heavy atom. The van der Waals surface area contributed by atoms with E-state index in [1.165, 1.54) is 5.56 Å². The Balaban J connectivity index is 2.45. The molecule has 13 heavy (non-hydrogen) atoms. The van der Waals surface area contributed by atoms with Crippen LogP contribution in [0.25, 0.3) is 0 Å². The molecule has 0 saturated carbocycles. The van der Waals surface area contributed by atoms with Gasteiger partial charge in [-0.05, 0) is 29.3 Å². The largest absolute Gasteiger partial charge is 0.356 e. The number of hydrogen-bond acceptors (Lipinski definition) is 3. The first-order valence-electron chi connectivity index (χ1n) is 4.12. The van der Waals surface area contributed by atoms with E-state index >= 15 is 0 Å². The number of hydrazine groups is 1. The Bertz CT molecular complexity index is 255. The summed E-state index contributed by atoms with van der Waals surface area (Å²) >= 11 is 1.67. The number of nitrogens with zero attached hydrogens (tertiary/aromatic N) is 1. The third-order valence-electron chi connectivity index (χ3n) is 1.48. The van der Waals surface area contributed by atoms with Crippen LogP contribution in [0.15, 0.2) is 21.8 Å². The predicted octanol–water partition coefficient (Wildman–Crippen LogP) is 0.677. The smallest absolute Gasteiger partial charge is 0.206 e. The van der Waals surface area contributed by atoms with Crippen molar-refractivity contribution in [3.63, 3.8) is 0 Å². The maximum atomic E-state index is 5.26. The van der Waals surface area contributed by atoms with E-state index in [-0.39, 0.29) is 0 Å². The van der Waals surface area contributed by atoms with Crippen LogP contribution in [-0.2, 0) is 6.54 Å². The van der Waals surface area contributed by atoms with E-state index in [1.54, 1.807) is 11.3 Å². The zero-order valence-corrected chi connectivity index (χ0v) is 8.40. The minimum atomic E-state index is 0.633. The lowest BCUT2D eigenvalue weighted by Gasteiger charge is -2.05. The molecule has 0 saturated heterocycles. The van der Waals surface area contributed by atoms with E-state index in [4.69, 9.17) is 5.84 Å². The molecule has 0 aliphatic heterocycles. The van der Waals surface area contributed by atoms with Gasteiger partial charge in [0.2, 0.25) is 5.96 Å². The van der Waals surface area contributed by atoms with Gasteiger partial charge in [-0.2, -0.15) is 11.3 Å². The molecule has 0 aliphatic carbocycles. The highest BCUT2D eigenvalue weighted by Gasteiger charge is 1.93. The van der Waals surface area contributed by atoms with E-state index in [2.05, 4.69) is 21.1 Å². The second-order valence-corrected chi connectivity index (χ2v) is 3.25. The molecular weight excluding hydrogens is 184 g/mol. The molecule has 1 aromatic heterocycles. The van der Waals surface area contributed by atoms with Gasteiger partial charge in [-0.1, -0.05) is 0 Å². The molecule has 72 valence electrons. The molecule has 0 spiro atoms. The van der Waals surface area contributed by atoms with E-state index in [0.717, 1.165) is 6.54 Å². The highest BCUT2D eigenvalue weighted by atomic mass is 32.1. The van der Waals surface area contributed by atoms with Crippen LogP contribution in [-0.4, -0.2) is 12.5 Å². The zero-order chi connectivity index (χ0) is 9.52. The van der Waals surface area contributed by atoms with Gasteiger partial charge in [0.25, 0.3) is 0 Å². The first kappa shape index (κ1) is 10.0. The number of thiophene rings is 1. The lowest BCUT2D eigenvalue weighted by molar-refractivity contribution is 0.853. The fraction of sp³-hybridized carbons (Fsp3) is 0.375. The summed E-state index contributed by atoms with van der Waals surface area (Å²) in [5.74, 6) is 5.89. The molecule has 0 radical (unpaired) electrons. The average Bonchev–Trinajstić information content (AvgIpc) is 2.64. The second-order valence-electron chi connectivity index (χ2n) is 2.47. The zero-order valence-electron chi connectivity index (χ0n) is 7.58. The number of nitrogens with one attached hydrogen (secondary N) is 2. The molecule has 0 aliphatic rings. The number of rotatable bonds is 3. The summed E-state index contributed by atoms with van der Waals surface area (Å²) in [5.41, 5.74) is 3.71. The third-order valence-corrected chi connectivity index (χ3v) is 2.21. The highest BCUT2D eigenvalue weighted by Crippen LogP contribution is 2.06. The SMILES string of the molecule is CCNC(=NCc1ccsc1)NN. The maximum Gasteiger partial charge on any atom is 0.206 e. The van der Waals surface area contributed by atoms with Crippen LogP contribution in [0.4, 0.5) is 0 Å². The highest BCUT2D eigenvalue weighted by molar-refractivity contribution is 7.07. The average molecular weight is 198 g/mol. The van der Waals surface area contributed by atoms with Crippen LogP contribution in [0.3, 0.4) is 0 Å². The summed E-state index contributed by atoms with van der Waals surface area (Å²) in [5, 5.41) is 7.12.